The smallest absolute Gasteiger partial charge is 0.255 e. The molecule has 1 aliphatic heterocycles. The number of carbonyl (C=O) groups excluding carboxylic acids is 1. The number of amides is 1. The lowest BCUT2D eigenvalue weighted by molar-refractivity contribution is 0.0745. The lowest BCUT2D eigenvalue weighted by atomic mass is 10.1. The van der Waals surface area contributed by atoms with Crippen LogP contribution < -0.4 is 4.90 Å². The number of aromatic nitrogens is 2. The highest BCUT2D eigenvalue weighted by atomic mass is 79.9. The molecule has 1 aromatic carbocycles. The molecule has 0 bridgehead atoms. The Morgan fingerprint density at radius 3 is 2.50 bits per heavy atom. The van der Waals surface area contributed by atoms with Gasteiger partial charge in [0, 0.05) is 42.4 Å². The number of carbonyl (C=O) groups is 1. The molecule has 0 atom stereocenters. The first-order valence-electron chi connectivity index (χ1n) is 9.30. The van der Waals surface area contributed by atoms with Crippen LogP contribution in [-0.4, -0.2) is 47.0 Å². The van der Waals surface area contributed by atoms with Gasteiger partial charge in [0.25, 0.3) is 5.91 Å². The Labute approximate surface area is 173 Å². The van der Waals surface area contributed by atoms with Gasteiger partial charge in [0.2, 0.25) is 0 Å². The Morgan fingerprint density at radius 1 is 1.00 bits per heavy atom. The fourth-order valence-electron chi connectivity index (χ4n) is 3.45. The summed E-state index contributed by atoms with van der Waals surface area (Å²) in [5.74, 6) is 1.01. The maximum absolute atomic E-state index is 13.0. The van der Waals surface area contributed by atoms with Crippen LogP contribution in [0.5, 0.6) is 0 Å². The number of aryl methyl sites for hydroxylation is 1. The Kier molecular flexibility index (Phi) is 5.39. The van der Waals surface area contributed by atoms with Gasteiger partial charge in [0.05, 0.1) is 17.0 Å². The molecule has 0 N–H and O–H groups in total. The summed E-state index contributed by atoms with van der Waals surface area (Å²) >= 11 is 3.49. The van der Waals surface area contributed by atoms with E-state index < -0.39 is 0 Å². The standard InChI is InChI=1S/C22H21BrN4O/c1-16-19(8-9-20(25-16)17-5-4-6-18(23)15-17)22(28)27-13-11-26(12-14-27)21-7-2-3-10-24-21/h2-10,15H,11-14H2,1H3. The second-order valence-electron chi connectivity index (χ2n) is 6.81. The molecule has 3 heterocycles. The highest BCUT2D eigenvalue weighted by Crippen LogP contribution is 2.23. The molecule has 1 fully saturated rings. The number of hydrogen-bond donors (Lipinski definition) is 0. The van der Waals surface area contributed by atoms with E-state index in [1.807, 2.05) is 66.4 Å². The number of anilines is 1. The minimum Gasteiger partial charge on any atom is -0.353 e. The first kappa shape index (κ1) is 18.6. The van der Waals surface area contributed by atoms with Crippen molar-refractivity contribution in [3.8, 4) is 11.3 Å². The lowest BCUT2D eigenvalue weighted by Gasteiger charge is -2.35. The van der Waals surface area contributed by atoms with Crippen LogP contribution in [0.25, 0.3) is 11.3 Å². The van der Waals surface area contributed by atoms with Gasteiger partial charge in [0.15, 0.2) is 0 Å². The van der Waals surface area contributed by atoms with Gasteiger partial charge in [0.1, 0.15) is 5.82 Å². The van der Waals surface area contributed by atoms with Crippen LogP contribution in [0.4, 0.5) is 5.82 Å². The van der Waals surface area contributed by atoms with Crippen LogP contribution in [0.1, 0.15) is 16.1 Å². The van der Waals surface area contributed by atoms with Crippen LogP contribution in [0, 0.1) is 6.92 Å². The zero-order chi connectivity index (χ0) is 19.5. The van der Waals surface area contributed by atoms with Crippen molar-refractivity contribution < 1.29 is 4.79 Å². The van der Waals surface area contributed by atoms with E-state index in [1.165, 1.54) is 0 Å². The number of piperazine rings is 1. The summed E-state index contributed by atoms with van der Waals surface area (Å²) < 4.78 is 1.01. The van der Waals surface area contributed by atoms with Gasteiger partial charge in [-0.3, -0.25) is 9.78 Å². The summed E-state index contributed by atoms with van der Waals surface area (Å²) in [4.78, 5) is 26.2. The summed E-state index contributed by atoms with van der Waals surface area (Å²) in [6.07, 6.45) is 1.80. The predicted molar refractivity (Wildman–Crippen MR) is 114 cm³/mol. The molecule has 3 aromatic rings. The predicted octanol–water partition coefficient (Wildman–Crippen LogP) is 4.18. The molecule has 0 unspecified atom stereocenters. The zero-order valence-corrected chi connectivity index (χ0v) is 17.3. The molecule has 142 valence electrons. The number of pyridine rings is 2. The molecule has 1 amide bonds. The SMILES string of the molecule is Cc1nc(-c2cccc(Br)c2)ccc1C(=O)N1CCN(c2ccccn2)CC1. The Hall–Kier alpha value is -2.73. The molecule has 0 spiro atoms. The monoisotopic (exact) mass is 436 g/mol. The molecule has 2 aromatic heterocycles. The second-order valence-corrected chi connectivity index (χ2v) is 7.72. The number of hydrogen-bond acceptors (Lipinski definition) is 4. The number of benzene rings is 1. The van der Waals surface area contributed by atoms with Crippen LogP contribution in [0.3, 0.4) is 0 Å². The van der Waals surface area contributed by atoms with E-state index in [4.69, 9.17) is 0 Å². The van der Waals surface area contributed by atoms with Crippen LogP contribution in [0.2, 0.25) is 0 Å². The van der Waals surface area contributed by atoms with E-state index in [1.54, 1.807) is 6.20 Å². The summed E-state index contributed by atoms with van der Waals surface area (Å²) in [5, 5.41) is 0. The van der Waals surface area contributed by atoms with Crippen molar-refractivity contribution in [1.82, 2.24) is 14.9 Å². The molecule has 0 radical (unpaired) electrons. The van der Waals surface area contributed by atoms with Gasteiger partial charge in [-0.2, -0.15) is 0 Å². The van der Waals surface area contributed by atoms with Crippen molar-refractivity contribution in [2.75, 3.05) is 31.1 Å². The quantitative estimate of drug-likeness (QED) is 0.617. The normalized spacial score (nSPS) is 14.2. The zero-order valence-electron chi connectivity index (χ0n) is 15.7. The minimum absolute atomic E-state index is 0.0477. The van der Waals surface area contributed by atoms with Gasteiger partial charge in [-0.1, -0.05) is 34.1 Å². The molecule has 5 nitrogen and oxygen atoms in total. The van der Waals surface area contributed by atoms with Crippen LogP contribution >= 0.6 is 15.9 Å². The molecular weight excluding hydrogens is 416 g/mol. The van der Waals surface area contributed by atoms with Gasteiger partial charge < -0.3 is 9.80 Å². The van der Waals surface area contributed by atoms with Crippen molar-refractivity contribution in [3.05, 3.63) is 76.5 Å². The van der Waals surface area contributed by atoms with E-state index in [-0.39, 0.29) is 5.91 Å². The Bertz CT molecular complexity index is 985. The average molecular weight is 437 g/mol. The Morgan fingerprint density at radius 2 is 1.82 bits per heavy atom. The molecule has 0 aliphatic carbocycles. The van der Waals surface area contributed by atoms with E-state index in [9.17, 15) is 4.79 Å². The van der Waals surface area contributed by atoms with Crippen LogP contribution in [-0.2, 0) is 0 Å². The van der Waals surface area contributed by atoms with Crippen molar-refractivity contribution in [1.29, 1.82) is 0 Å². The van der Waals surface area contributed by atoms with E-state index >= 15 is 0 Å². The van der Waals surface area contributed by atoms with Gasteiger partial charge in [-0.05, 0) is 43.3 Å². The summed E-state index contributed by atoms with van der Waals surface area (Å²) in [7, 11) is 0. The van der Waals surface area contributed by atoms with Gasteiger partial charge in [-0.15, -0.1) is 0 Å². The molecule has 6 heteroatoms. The first-order chi connectivity index (χ1) is 13.6. The molecule has 4 rings (SSSR count). The fourth-order valence-corrected chi connectivity index (χ4v) is 3.84. The molecule has 1 saturated heterocycles. The maximum atomic E-state index is 13.0. The summed E-state index contributed by atoms with van der Waals surface area (Å²) in [5.41, 5.74) is 3.33. The average Bonchev–Trinajstić information content (AvgIpc) is 2.74. The van der Waals surface area contributed by atoms with Gasteiger partial charge >= 0.3 is 0 Å². The highest BCUT2D eigenvalue weighted by molar-refractivity contribution is 9.10. The highest BCUT2D eigenvalue weighted by Gasteiger charge is 2.24. The van der Waals surface area contributed by atoms with E-state index in [2.05, 4.69) is 30.8 Å². The Balaban J connectivity index is 1.47. The van der Waals surface area contributed by atoms with E-state index in [0.717, 1.165) is 40.3 Å². The van der Waals surface area contributed by atoms with E-state index in [0.29, 0.717) is 18.7 Å². The maximum Gasteiger partial charge on any atom is 0.255 e. The third-order valence-corrected chi connectivity index (χ3v) is 5.47. The third kappa shape index (κ3) is 3.92. The largest absolute Gasteiger partial charge is 0.353 e. The number of rotatable bonds is 3. The minimum atomic E-state index is 0.0477. The van der Waals surface area contributed by atoms with Crippen molar-refractivity contribution in [3.63, 3.8) is 0 Å². The number of halogens is 1. The van der Waals surface area contributed by atoms with Gasteiger partial charge in [-0.25, -0.2) is 4.98 Å². The lowest BCUT2D eigenvalue weighted by Crippen LogP contribution is -2.49. The summed E-state index contributed by atoms with van der Waals surface area (Å²) in [6, 6.07) is 17.7. The van der Waals surface area contributed by atoms with Crippen LogP contribution in [0.15, 0.2) is 65.3 Å². The molecular formula is C22H21BrN4O. The summed E-state index contributed by atoms with van der Waals surface area (Å²) in [6.45, 7) is 4.83. The topological polar surface area (TPSA) is 49.3 Å². The third-order valence-electron chi connectivity index (χ3n) is 4.98. The van der Waals surface area contributed by atoms with Crippen molar-refractivity contribution >= 4 is 27.7 Å². The van der Waals surface area contributed by atoms with Crippen molar-refractivity contribution in [2.24, 2.45) is 0 Å². The fraction of sp³-hybridized carbons (Fsp3) is 0.227. The number of nitrogens with zero attached hydrogens (tertiary/aromatic N) is 4. The second kappa shape index (κ2) is 8.10. The first-order valence-corrected chi connectivity index (χ1v) is 10.1. The molecule has 28 heavy (non-hydrogen) atoms. The molecule has 1 aliphatic rings. The molecule has 0 saturated carbocycles. The van der Waals surface area contributed by atoms with Crippen molar-refractivity contribution in [2.45, 2.75) is 6.92 Å².